The predicted octanol–water partition coefficient (Wildman–Crippen LogP) is 3.27. The monoisotopic (exact) mass is 221 g/mol. The number of halogens is 1. The number of nitrogens with zero attached hydrogens (tertiary/aromatic N) is 1. The number of hydrogen-bond acceptors (Lipinski definition) is 1. The smallest absolute Gasteiger partial charge is 0.126 e. The molecule has 0 atom stereocenters. The molecule has 0 saturated heterocycles. The van der Waals surface area contributed by atoms with Crippen LogP contribution in [0.1, 0.15) is 18.9 Å². The molecule has 0 spiro atoms. The van der Waals surface area contributed by atoms with Crippen molar-refractivity contribution in [1.29, 1.82) is 0 Å². The molecule has 0 unspecified atom stereocenters. The van der Waals surface area contributed by atoms with Gasteiger partial charge in [-0.25, -0.2) is 4.39 Å². The van der Waals surface area contributed by atoms with E-state index in [1.165, 1.54) is 11.6 Å². The van der Waals surface area contributed by atoms with Crippen molar-refractivity contribution >= 4 is 0 Å². The highest BCUT2D eigenvalue weighted by atomic mass is 19.1. The molecule has 1 aromatic rings. The summed E-state index contributed by atoms with van der Waals surface area (Å²) >= 11 is 0. The van der Waals surface area contributed by atoms with Crippen LogP contribution in [0.15, 0.2) is 35.9 Å². The molecule has 0 amide bonds. The van der Waals surface area contributed by atoms with Crippen LogP contribution in [-0.2, 0) is 6.42 Å². The lowest BCUT2D eigenvalue weighted by Gasteiger charge is -2.09. The summed E-state index contributed by atoms with van der Waals surface area (Å²) in [5.41, 5.74) is 2.14. The number of allylic oxidation sites excluding steroid dienone is 1. The zero-order valence-corrected chi connectivity index (χ0v) is 10.3. The van der Waals surface area contributed by atoms with Crippen molar-refractivity contribution in [3.8, 4) is 0 Å². The fourth-order valence-corrected chi connectivity index (χ4v) is 1.74. The van der Waals surface area contributed by atoms with Gasteiger partial charge in [-0.15, -0.1) is 0 Å². The highest BCUT2D eigenvalue weighted by Gasteiger charge is 1.99. The van der Waals surface area contributed by atoms with Crippen LogP contribution in [0.4, 0.5) is 4.39 Å². The van der Waals surface area contributed by atoms with E-state index in [0.29, 0.717) is 0 Å². The van der Waals surface area contributed by atoms with Gasteiger partial charge in [0, 0.05) is 6.54 Å². The van der Waals surface area contributed by atoms with Gasteiger partial charge in [0.05, 0.1) is 0 Å². The van der Waals surface area contributed by atoms with Crippen LogP contribution in [0.25, 0.3) is 0 Å². The van der Waals surface area contributed by atoms with Crippen LogP contribution in [-0.4, -0.2) is 25.5 Å². The maximum absolute atomic E-state index is 13.3. The average molecular weight is 221 g/mol. The summed E-state index contributed by atoms with van der Waals surface area (Å²) in [6.07, 6.45) is 3.87. The van der Waals surface area contributed by atoms with Crippen LogP contribution in [0.5, 0.6) is 0 Å². The van der Waals surface area contributed by atoms with Crippen LogP contribution in [0.3, 0.4) is 0 Å². The second kappa shape index (κ2) is 6.44. The molecule has 0 aliphatic heterocycles. The molecule has 0 aliphatic rings. The van der Waals surface area contributed by atoms with Crippen LogP contribution >= 0.6 is 0 Å². The third-order valence-corrected chi connectivity index (χ3v) is 2.43. The Morgan fingerprint density at radius 1 is 1.31 bits per heavy atom. The number of rotatable bonds is 5. The van der Waals surface area contributed by atoms with Crippen LogP contribution in [0.2, 0.25) is 0 Å². The molecule has 1 nitrogen and oxygen atoms in total. The minimum Gasteiger partial charge on any atom is -0.305 e. The molecule has 1 aromatic carbocycles. The minimum atomic E-state index is -0.0961. The Bertz CT molecular complexity index is 356. The molecule has 0 bridgehead atoms. The van der Waals surface area contributed by atoms with E-state index in [0.717, 1.165) is 24.9 Å². The average Bonchev–Trinajstić information content (AvgIpc) is 2.19. The van der Waals surface area contributed by atoms with Gasteiger partial charge in [-0.1, -0.05) is 29.8 Å². The second-order valence-electron chi connectivity index (χ2n) is 4.42. The highest BCUT2D eigenvalue weighted by Crippen LogP contribution is 2.10. The molecule has 0 N–H and O–H groups in total. The Morgan fingerprint density at radius 2 is 2.00 bits per heavy atom. The molecule has 88 valence electrons. The summed E-state index contributed by atoms with van der Waals surface area (Å²) < 4.78 is 13.3. The molecule has 16 heavy (non-hydrogen) atoms. The quantitative estimate of drug-likeness (QED) is 0.690. The van der Waals surface area contributed by atoms with Gasteiger partial charge in [-0.3, -0.25) is 0 Å². The van der Waals surface area contributed by atoms with Gasteiger partial charge in [0.25, 0.3) is 0 Å². The normalized spacial score (nSPS) is 12.2. The van der Waals surface area contributed by atoms with Crippen molar-refractivity contribution in [2.24, 2.45) is 0 Å². The first-order chi connectivity index (χ1) is 7.59. The van der Waals surface area contributed by atoms with E-state index < -0.39 is 0 Å². The molecule has 0 heterocycles. The summed E-state index contributed by atoms with van der Waals surface area (Å²) in [5.74, 6) is -0.0961. The summed E-state index contributed by atoms with van der Waals surface area (Å²) in [4.78, 5) is 2.13. The van der Waals surface area contributed by atoms with Crippen LogP contribution < -0.4 is 0 Å². The molecular weight excluding hydrogens is 201 g/mol. The predicted molar refractivity (Wildman–Crippen MR) is 67.0 cm³/mol. The third-order valence-electron chi connectivity index (χ3n) is 2.43. The van der Waals surface area contributed by atoms with E-state index in [4.69, 9.17) is 0 Å². The van der Waals surface area contributed by atoms with E-state index in [1.807, 2.05) is 26.2 Å². The van der Waals surface area contributed by atoms with Gasteiger partial charge < -0.3 is 4.90 Å². The number of benzene rings is 1. The Labute approximate surface area is 97.6 Å². The van der Waals surface area contributed by atoms with E-state index in [1.54, 1.807) is 6.07 Å². The van der Waals surface area contributed by atoms with Crippen molar-refractivity contribution in [3.05, 3.63) is 47.3 Å². The summed E-state index contributed by atoms with van der Waals surface area (Å²) in [6.45, 7) is 3.08. The fourth-order valence-electron chi connectivity index (χ4n) is 1.74. The highest BCUT2D eigenvalue weighted by molar-refractivity contribution is 5.18. The maximum atomic E-state index is 13.3. The zero-order valence-electron chi connectivity index (χ0n) is 10.3. The molecular formula is C14H20FN. The minimum absolute atomic E-state index is 0.0961. The molecule has 2 heteroatoms. The molecule has 0 aromatic heterocycles. The van der Waals surface area contributed by atoms with Gasteiger partial charge in [0.15, 0.2) is 0 Å². The lowest BCUT2D eigenvalue weighted by atomic mass is 10.1. The molecule has 0 fully saturated rings. The summed E-state index contributed by atoms with van der Waals surface area (Å²) in [6, 6.07) is 6.98. The van der Waals surface area contributed by atoms with Crippen molar-refractivity contribution in [1.82, 2.24) is 4.90 Å². The van der Waals surface area contributed by atoms with E-state index in [2.05, 4.69) is 17.9 Å². The first kappa shape index (κ1) is 12.9. The van der Waals surface area contributed by atoms with Gasteiger partial charge >= 0.3 is 0 Å². The Hall–Kier alpha value is -1.15. The number of hydrogen-bond donors (Lipinski definition) is 0. The lowest BCUT2D eigenvalue weighted by molar-refractivity contribution is 0.444. The largest absolute Gasteiger partial charge is 0.305 e. The van der Waals surface area contributed by atoms with E-state index in [-0.39, 0.29) is 5.82 Å². The first-order valence-corrected chi connectivity index (χ1v) is 5.63. The van der Waals surface area contributed by atoms with Gasteiger partial charge in [-0.05, 0) is 45.5 Å². The summed E-state index contributed by atoms with van der Waals surface area (Å²) in [5, 5.41) is 0. The first-order valence-electron chi connectivity index (χ1n) is 5.63. The Morgan fingerprint density at radius 3 is 2.62 bits per heavy atom. The van der Waals surface area contributed by atoms with Gasteiger partial charge in [0.2, 0.25) is 0 Å². The summed E-state index contributed by atoms with van der Waals surface area (Å²) in [7, 11) is 4.10. The lowest BCUT2D eigenvalue weighted by Crippen LogP contribution is -2.13. The number of aryl methyl sites for hydroxylation is 1. The SMILES string of the molecule is C/C(=C/CCc1ccccc1F)CN(C)C. The number of likely N-dealkylation sites (N-methyl/N-ethyl adjacent to an activating group) is 1. The topological polar surface area (TPSA) is 3.24 Å². The standard InChI is InChI=1S/C14H20FN/c1-12(11-16(2)3)7-6-9-13-8-4-5-10-14(13)15/h4-5,7-8,10H,6,9,11H2,1-3H3/b12-7-. The van der Waals surface area contributed by atoms with Crippen molar-refractivity contribution in [2.75, 3.05) is 20.6 Å². The molecule has 0 saturated carbocycles. The fraction of sp³-hybridized carbons (Fsp3) is 0.429. The van der Waals surface area contributed by atoms with Crippen molar-refractivity contribution in [3.63, 3.8) is 0 Å². The zero-order chi connectivity index (χ0) is 12.0. The van der Waals surface area contributed by atoms with Crippen molar-refractivity contribution < 1.29 is 4.39 Å². The Kier molecular flexibility index (Phi) is 5.20. The third kappa shape index (κ3) is 4.58. The Balaban J connectivity index is 2.44. The second-order valence-corrected chi connectivity index (χ2v) is 4.42. The van der Waals surface area contributed by atoms with Gasteiger partial charge in [0.1, 0.15) is 5.82 Å². The van der Waals surface area contributed by atoms with E-state index >= 15 is 0 Å². The molecule has 1 rings (SSSR count). The van der Waals surface area contributed by atoms with Crippen LogP contribution in [0, 0.1) is 5.82 Å². The van der Waals surface area contributed by atoms with Crippen molar-refractivity contribution in [2.45, 2.75) is 19.8 Å². The van der Waals surface area contributed by atoms with E-state index in [9.17, 15) is 4.39 Å². The molecule has 0 radical (unpaired) electrons. The maximum Gasteiger partial charge on any atom is 0.126 e. The van der Waals surface area contributed by atoms with Gasteiger partial charge in [-0.2, -0.15) is 0 Å². The molecule has 0 aliphatic carbocycles.